The summed E-state index contributed by atoms with van der Waals surface area (Å²) in [5, 5.41) is 34.6. The Balaban J connectivity index is 0. The van der Waals surface area contributed by atoms with Crippen LogP contribution in [0.2, 0.25) is 0 Å². The lowest BCUT2D eigenvalue weighted by atomic mass is 9.88. The number of methoxy groups -OCH3 is 9. The van der Waals surface area contributed by atoms with E-state index in [1.54, 1.807) is 64.0 Å². The highest BCUT2D eigenvalue weighted by Crippen LogP contribution is 2.31. The van der Waals surface area contributed by atoms with Gasteiger partial charge in [-0.2, -0.15) is 0 Å². The number of hydrogen-bond acceptors (Lipinski definition) is 31. The molecule has 0 spiro atoms. The van der Waals surface area contributed by atoms with E-state index in [1.165, 1.54) is 27.7 Å². The van der Waals surface area contributed by atoms with Gasteiger partial charge in [0.1, 0.15) is 49.0 Å². The normalized spacial score (nSPS) is 19.7. The van der Waals surface area contributed by atoms with Crippen LogP contribution in [0.15, 0.2) is 0 Å². The van der Waals surface area contributed by atoms with Crippen molar-refractivity contribution in [1.29, 1.82) is 0 Å². The van der Waals surface area contributed by atoms with Crippen molar-refractivity contribution in [3.8, 4) is 0 Å². The number of unbranched alkanes of at least 4 members (excludes halogenated alkanes) is 6. The molecule has 0 saturated carbocycles. The zero-order valence-corrected chi connectivity index (χ0v) is 73.1. The molecular formula is C81H158N2O31. The molecule has 678 valence electrons. The van der Waals surface area contributed by atoms with Crippen LogP contribution in [0.3, 0.4) is 0 Å². The number of ether oxygens (including phenoxy) is 23. The van der Waals surface area contributed by atoms with Gasteiger partial charge in [-0.15, -0.1) is 0 Å². The van der Waals surface area contributed by atoms with Gasteiger partial charge < -0.3 is 135 Å². The Morgan fingerprint density at radius 3 is 0.974 bits per heavy atom. The smallest absolute Gasteiger partial charge is 0.303 e. The summed E-state index contributed by atoms with van der Waals surface area (Å²) in [7, 11) is 15.3. The number of amides is 2. The van der Waals surface area contributed by atoms with Gasteiger partial charge in [0.2, 0.25) is 11.8 Å². The molecule has 2 amide bonds. The number of ketones is 1. The quantitative estimate of drug-likeness (QED) is 0.0322. The summed E-state index contributed by atoms with van der Waals surface area (Å²) in [6, 6.07) is -1.45. The maximum atomic E-state index is 11.9. The van der Waals surface area contributed by atoms with Gasteiger partial charge in [-0.1, -0.05) is 40.5 Å². The third kappa shape index (κ3) is 60.1. The summed E-state index contributed by atoms with van der Waals surface area (Å²) in [5.74, 6) is -1.72. The van der Waals surface area contributed by atoms with Gasteiger partial charge in [-0.25, -0.2) is 0 Å². The zero-order chi connectivity index (χ0) is 85.4. The van der Waals surface area contributed by atoms with Gasteiger partial charge in [0.05, 0.1) is 76.3 Å². The molecule has 2 rings (SSSR count). The van der Waals surface area contributed by atoms with Crippen molar-refractivity contribution in [2.45, 2.75) is 220 Å². The molecule has 10 atom stereocenters. The average Bonchev–Trinajstić information content (AvgIpc) is 0.793. The fraction of sp³-hybridized carbons (Fsp3) is 0.938. The molecule has 5 N–H and O–H groups in total. The number of aliphatic hydroxyl groups excluding tert-OH is 3. The van der Waals surface area contributed by atoms with Crippen LogP contribution in [0.25, 0.3) is 0 Å². The zero-order valence-electron chi connectivity index (χ0n) is 73.1. The highest BCUT2D eigenvalue weighted by molar-refractivity contribution is 5.83. The second-order valence-corrected chi connectivity index (χ2v) is 29.6. The lowest BCUT2D eigenvalue weighted by Crippen LogP contribution is -2.64. The largest absolute Gasteiger partial charge is 0.463 e. The standard InChI is InChI=1S/C24H50O8.C22H46O8.C18H31NO8.C17H31NO7/c1-25-12-7-5-6-8-16-29-20-24(21-30-17-9-13-26-2,22-31-18-10-14-27-3)23-32-19-11-15-28-4;1-23-10-5-6-14-27-18-22(19-28-15-7-11-24-2,20-29-16-8-12-25-3)21-30-17-9-13-26-4;1-11-16(19-12(2)20)18(24-9-7-6-8-23-5)27-15(10-25-13(3)21)17(11)26-14(4)22;1-10(20)18-13-15(23)14(22)11(9-19)25-16(13)24-8-6-5-7-12(21)17(2,3)4/h5-23H2,1-4H3;5-21H2,1-4H3;11,15-18H,6-10H2,1-5H3,(H,19,20);11,13-16,19,22-23H,5-9H2,1-4H3,(H,18,20)/t;;11-,15?,16?,17-,18-;11?,13?,14-,15+,16+/m..10/s1. The summed E-state index contributed by atoms with van der Waals surface area (Å²) < 4.78 is 127. The topological polar surface area (TPSA) is 382 Å². The number of rotatable bonds is 70. The molecule has 2 aliphatic heterocycles. The number of nitrogens with one attached hydrogen (secondary N) is 2. The molecule has 0 aromatic heterocycles. The molecule has 33 heteroatoms. The van der Waals surface area contributed by atoms with Crippen molar-refractivity contribution >= 4 is 29.5 Å². The summed E-state index contributed by atoms with van der Waals surface area (Å²) >= 11 is 0. The SMILES string of the molecule is CC(=O)NC1[C@H](OCCCCC(=O)C(C)(C)C)OC(CO)[C@H](O)[C@@H]1O.COCCCCCCOCC(COCCCOC)(COCCCOC)COCCCOC.COCCCCOCC(COCCCOC)(COCCCOC)COCCCOC.COCCCCO[C@@H]1OC(COC(C)=O)[C@H](OC(C)=O)[C@H](C)C1NC(C)=O. The molecule has 2 aliphatic rings. The van der Waals surface area contributed by atoms with Crippen molar-refractivity contribution in [2.75, 3.05) is 256 Å². The lowest BCUT2D eigenvalue weighted by Gasteiger charge is -2.44. The molecule has 0 bridgehead atoms. The van der Waals surface area contributed by atoms with Gasteiger partial charge in [-0.3, -0.25) is 24.0 Å². The predicted molar refractivity (Wildman–Crippen MR) is 426 cm³/mol. The number of aliphatic hydroxyl groups is 3. The highest BCUT2D eigenvalue weighted by atomic mass is 16.7. The third-order valence-electron chi connectivity index (χ3n) is 17.7. The minimum atomic E-state index is -1.33. The number of hydrogen-bond donors (Lipinski definition) is 5. The number of esters is 2. The van der Waals surface area contributed by atoms with Crippen molar-refractivity contribution in [3.63, 3.8) is 0 Å². The molecule has 4 unspecified atom stereocenters. The van der Waals surface area contributed by atoms with Crippen LogP contribution in [0.1, 0.15) is 165 Å². The van der Waals surface area contributed by atoms with Crippen molar-refractivity contribution in [1.82, 2.24) is 10.6 Å². The Labute approximate surface area is 683 Å². The summed E-state index contributed by atoms with van der Waals surface area (Å²) in [5.41, 5.74) is -1.06. The van der Waals surface area contributed by atoms with E-state index in [1.807, 2.05) is 27.7 Å². The second kappa shape index (κ2) is 75.8. The first-order valence-corrected chi connectivity index (χ1v) is 40.7. The molecule has 0 aliphatic carbocycles. The van der Waals surface area contributed by atoms with Gasteiger partial charge in [0.25, 0.3) is 0 Å². The number of carbonyl (C=O) groups is 5. The van der Waals surface area contributed by atoms with Crippen molar-refractivity contribution < 1.29 is 148 Å². The Bertz CT molecular complexity index is 2150. The summed E-state index contributed by atoms with van der Waals surface area (Å²) in [6.45, 7) is 28.6. The van der Waals surface area contributed by atoms with E-state index < -0.39 is 79.6 Å². The third-order valence-corrected chi connectivity index (χ3v) is 17.7. The molecule has 2 fully saturated rings. The molecular weight excluding hydrogens is 1500 g/mol. The van der Waals surface area contributed by atoms with Crippen LogP contribution in [-0.4, -0.2) is 356 Å². The summed E-state index contributed by atoms with van der Waals surface area (Å²) in [4.78, 5) is 57.5. The molecule has 2 heterocycles. The van der Waals surface area contributed by atoms with Gasteiger partial charge in [0, 0.05) is 235 Å². The first-order chi connectivity index (χ1) is 54.8. The molecule has 33 nitrogen and oxygen atoms in total. The fourth-order valence-electron chi connectivity index (χ4n) is 11.4. The Kier molecular flexibility index (Phi) is 74.9. The number of carbonyl (C=O) groups excluding carboxylic acids is 5. The maximum Gasteiger partial charge on any atom is 0.303 e. The molecule has 0 radical (unpaired) electrons. The lowest BCUT2D eigenvalue weighted by molar-refractivity contribution is -0.270. The first-order valence-electron chi connectivity index (χ1n) is 40.7. The van der Waals surface area contributed by atoms with Crippen LogP contribution in [0.4, 0.5) is 0 Å². The van der Waals surface area contributed by atoms with Crippen LogP contribution >= 0.6 is 0 Å². The molecule has 0 aromatic rings. The van der Waals surface area contributed by atoms with E-state index >= 15 is 0 Å². The van der Waals surface area contributed by atoms with Crippen LogP contribution in [-0.2, 0) is 133 Å². The molecule has 114 heavy (non-hydrogen) atoms. The minimum Gasteiger partial charge on any atom is -0.463 e. The Morgan fingerprint density at radius 2 is 0.649 bits per heavy atom. The monoisotopic (exact) mass is 1660 g/mol. The second-order valence-electron chi connectivity index (χ2n) is 29.6. The van der Waals surface area contributed by atoms with Gasteiger partial charge in [-0.05, 0) is 89.9 Å². The molecule has 2 saturated heterocycles. The predicted octanol–water partition coefficient (Wildman–Crippen LogP) is 6.45. The summed E-state index contributed by atoms with van der Waals surface area (Å²) in [6.07, 6.45) is 8.08. The van der Waals surface area contributed by atoms with E-state index in [-0.39, 0.29) is 47.1 Å². The first kappa shape index (κ1) is 113. The fourth-order valence-corrected chi connectivity index (χ4v) is 11.4. The van der Waals surface area contributed by atoms with E-state index in [9.17, 15) is 39.3 Å². The Hall–Kier alpha value is -3.41. The van der Waals surface area contributed by atoms with Crippen molar-refractivity contribution in [3.05, 3.63) is 0 Å². The van der Waals surface area contributed by atoms with Gasteiger partial charge >= 0.3 is 11.9 Å². The van der Waals surface area contributed by atoms with E-state index in [4.69, 9.17) is 109 Å². The average molecular weight is 1660 g/mol. The van der Waals surface area contributed by atoms with E-state index in [0.717, 1.165) is 110 Å². The maximum absolute atomic E-state index is 11.9. The van der Waals surface area contributed by atoms with Gasteiger partial charge in [0.15, 0.2) is 12.6 Å². The Morgan fingerprint density at radius 1 is 0.360 bits per heavy atom. The van der Waals surface area contributed by atoms with Crippen LogP contribution in [0.5, 0.6) is 0 Å². The highest BCUT2D eigenvalue weighted by Gasteiger charge is 2.48. The van der Waals surface area contributed by atoms with E-state index in [2.05, 4.69) is 10.6 Å². The molecule has 0 aromatic carbocycles. The minimum absolute atomic E-state index is 0.0755. The van der Waals surface area contributed by atoms with Crippen molar-refractivity contribution in [2.24, 2.45) is 22.2 Å². The van der Waals surface area contributed by atoms with Crippen LogP contribution < -0.4 is 10.6 Å². The van der Waals surface area contributed by atoms with E-state index in [0.29, 0.717) is 171 Å². The number of Topliss-reactive ketones (excluding diaryl/α,β-unsaturated/α-hetero) is 1. The van der Waals surface area contributed by atoms with Crippen LogP contribution in [0, 0.1) is 22.2 Å².